The van der Waals surface area contributed by atoms with Crippen LogP contribution in [0.25, 0.3) is 0 Å². The molecule has 1 fully saturated rings. The van der Waals surface area contributed by atoms with Gasteiger partial charge in [-0.2, -0.15) is 0 Å². The molecule has 110 valence electrons. The monoisotopic (exact) mass is 275 g/mol. The molecule has 0 aliphatic heterocycles. The van der Waals surface area contributed by atoms with Gasteiger partial charge in [0.15, 0.2) is 0 Å². The molecule has 0 radical (unpaired) electrons. The van der Waals surface area contributed by atoms with Crippen molar-refractivity contribution in [3.05, 3.63) is 35.9 Å². The lowest BCUT2D eigenvalue weighted by molar-refractivity contribution is -0.140. The normalized spacial score (nSPS) is 27.7. The molecule has 2 rings (SSSR count). The van der Waals surface area contributed by atoms with Gasteiger partial charge in [-0.25, -0.2) is 0 Å². The lowest BCUT2D eigenvalue weighted by Gasteiger charge is -2.27. The summed E-state index contributed by atoms with van der Waals surface area (Å²) in [5.74, 6) is -0.635. The number of nitrogens with one attached hydrogen (secondary N) is 1. The summed E-state index contributed by atoms with van der Waals surface area (Å²) >= 11 is 0. The summed E-state index contributed by atoms with van der Waals surface area (Å²) in [4.78, 5) is 11.3. The Morgan fingerprint density at radius 1 is 1.35 bits per heavy atom. The number of carbonyl (C=O) groups is 1. The Bertz CT molecular complexity index is 457. The Kier molecular flexibility index (Phi) is 4.48. The average molecular weight is 275 g/mol. The van der Waals surface area contributed by atoms with Crippen LogP contribution < -0.4 is 5.32 Å². The van der Waals surface area contributed by atoms with Gasteiger partial charge < -0.3 is 10.4 Å². The van der Waals surface area contributed by atoms with Crippen molar-refractivity contribution in [1.29, 1.82) is 0 Å². The van der Waals surface area contributed by atoms with Crippen molar-refractivity contribution in [1.82, 2.24) is 5.32 Å². The van der Waals surface area contributed by atoms with E-state index in [-0.39, 0.29) is 11.3 Å². The highest BCUT2D eigenvalue weighted by Gasteiger charge is 2.38. The van der Waals surface area contributed by atoms with Crippen LogP contribution in [0, 0.1) is 5.92 Å². The van der Waals surface area contributed by atoms with Gasteiger partial charge in [-0.05, 0) is 36.2 Å². The van der Waals surface area contributed by atoms with Crippen molar-refractivity contribution < 1.29 is 9.90 Å². The van der Waals surface area contributed by atoms with E-state index in [4.69, 9.17) is 0 Å². The first-order valence-corrected chi connectivity index (χ1v) is 7.47. The van der Waals surface area contributed by atoms with Crippen LogP contribution in [0.1, 0.15) is 45.6 Å². The molecular weight excluding hydrogens is 250 g/mol. The SMILES string of the molecule is CC(C)[C@@H](N[C@@H]1CC[C@@](C)(c2ccccc2)C1)C(=O)O. The minimum atomic E-state index is -0.742. The Balaban J connectivity index is 2.03. The number of rotatable bonds is 5. The number of hydrogen-bond donors (Lipinski definition) is 2. The van der Waals surface area contributed by atoms with Crippen molar-refractivity contribution in [2.75, 3.05) is 0 Å². The zero-order chi connectivity index (χ0) is 14.8. The lowest BCUT2D eigenvalue weighted by atomic mass is 9.81. The molecular formula is C17H25NO2. The summed E-state index contributed by atoms with van der Waals surface area (Å²) in [5, 5.41) is 12.6. The highest BCUT2D eigenvalue weighted by atomic mass is 16.4. The molecule has 1 aliphatic rings. The maximum Gasteiger partial charge on any atom is 0.320 e. The molecule has 1 aromatic carbocycles. The largest absolute Gasteiger partial charge is 0.480 e. The molecule has 2 N–H and O–H groups in total. The number of carboxylic acid groups (broad SMARTS) is 1. The smallest absolute Gasteiger partial charge is 0.320 e. The van der Waals surface area contributed by atoms with Gasteiger partial charge in [-0.15, -0.1) is 0 Å². The number of benzene rings is 1. The van der Waals surface area contributed by atoms with Crippen LogP contribution >= 0.6 is 0 Å². The maximum atomic E-state index is 11.3. The van der Waals surface area contributed by atoms with E-state index in [1.54, 1.807) is 0 Å². The van der Waals surface area contributed by atoms with E-state index < -0.39 is 12.0 Å². The zero-order valence-corrected chi connectivity index (χ0v) is 12.6. The van der Waals surface area contributed by atoms with E-state index in [0.29, 0.717) is 6.04 Å². The fourth-order valence-corrected chi connectivity index (χ4v) is 3.29. The first-order valence-electron chi connectivity index (χ1n) is 7.47. The molecule has 1 saturated carbocycles. The predicted octanol–water partition coefficient (Wildman–Crippen LogP) is 3.20. The highest BCUT2D eigenvalue weighted by Crippen LogP contribution is 2.40. The second-order valence-electron chi connectivity index (χ2n) is 6.59. The van der Waals surface area contributed by atoms with E-state index in [2.05, 4.69) is 36.5 Å². The fourth-order valence-electron chi connectivity index (χ4n) is 3.29. The lowest BCUT2D eigenvalue weighted by Crippen LogP contribution is -2.46. The minimum absolute atomic E-state index is 0.107. The first-order chi connectivity index (χ1) is 9.42. The topological polar surface area (TPSA) is 49.3 Å². The third kappa shape index (κ3) is 3.21. The Hall–Kier alpha value is -1.35. The molecule has 0 amide bonds. The summed E-state index contributed by atoms with van der Waals surface area (Å²) in [6.45, 7) is 6.20. The zero-order valence-electron chi connectivity index (χ0n) is 12.6. The van der Waals surface area contributed by atoms with Crippen molar-refractivity contribution in [3.63, 3.8) is 0 Å². The Labute approximate surface area is 121 Å². The van der Waals surface area contributed by atoms with Crippen molar-refractivity contribution in [3.8, 4) is 0 Å². The van der Waals surface area contributed by atoms with Crippen molar-refractivity contribution in [2.24, 2.45) is 5.92 Å². The van der Waals surface area contributed by atoms with Crippen LogP contribution in [0.3, 0.4) is 0 Å². The molecule has 0 aromatic heterocycles. The summed E-state index contributed by atoms with van der Waals surface area (Å²) in [5.41, 5.74) is 1.53. The first kappa shape index (κ1) is 15.0. The van der Waals surface area contributed by atoms with Gasteiger partial charge in [-0.1, -0.05) is 51.1 Å². The minimum Gasteiger partial charge on any atom is -0.480 e. The molecule has 3 heteroatoms. The summed E-state index contributed by atoms with van der Waals surface area (Å²) in [6, 6.07) is 10.4. The molecule has 20 heavy (non-hydrogen) atoms. The Morgan fingerprint density at radius 2 is 2.00 bits per heavy atom. The molecule has 0 heterocycles. The van der Waals surface area contributed by atoms with E-state index in [0.717, 1.165) is 19.3 Å². The van der Waals surface area contributed by atoms with E-state index in [1.807, 2.05) is 19.9 Å². The van der Waals surface area contributed by atoms with Crippen molar-refractivity contribution in [2.45, 2.75) is 57.5 Å². The highest BCUT2D eigenvalue weighted by molar-refractivity contribution is 5.73. The molecule has 0 saturated heterocycles. The van der Waals surface area contributed by atoms with Gasteiger partial charge in [0.2, 0.25) is 0 Å². The van der Waals surface area contributed by atoms with Gasteiger partial charge in [0.25, 0.3) is 0 Å². The molecule has 0 unspecified atom stereocenters. The third-order valence-corrected chi connectivity index (χ3v) is 4.56. The Morgan fingerprint density at radius 3 is 2.55 bits per heavy atom. The van der Waals surface area contributed by atoms with Crippen LogP contribution in [0.5, 0.6) is 0 Å². The predicted molar refractivity (Wildman–Crippen MR) is 80.8 cm³/mol. The van der Waals surface area contributed by atoms with Crippen LogP contribution in [0.2, 0.25) is 0 Å². The summed E-state index contributed by atoms with van der Waals surface area (Å²) in [6.07, 6.45) is 3.16. The standard InChI is InChI=1S/C17H25NO2/c1-12(2)15(16(19)20)18-14-9-10-17(3,11-14)13-7-5-4-6-8-13/h4-8,12,14-15,18H,9-11H2,1-3H3,(H,19,20)/t14-,15-,17-/m1/s1. The third-order valence-electron chi connectivity index (χ3n) is 4.56. The molecule has 1 aliphatic carbocycles. The van der Waals surface area contributed by atoms with E-state index >= 15 is 0 Å². The van der Waals surface area contributed by atoms with E-state index in [1.165, 1.54) is 5.56 Å². The maximum absolute atomic E-state index is 11.3. The van der Waals surface area contributed by atoms with Crippen LogP contribution in [0.4, 0.5) is 0 Å². The van der Waals surface area contributed by atoms with Crippen LogP contribution in [-0.2, 0) is 10.2 Å². The number of hydrogen-bond acceptors (Lipinski definition) is 2. The van der Waals surface area contributed by atoms with Gasteiger partial charge in [0.1, 0.15) is 6.04 Å². The van der Waals surface area contributed by atoms with Gasteiger partial charge in [0.05, 0.1) is 0 Å². The van der Waals surface area contributed by atoms with Gasteiger partial charge in [-0.3, -0.25) is 4.79 Å². The quantitative estimate of drug-likeness (QED) is 0.867. The molecule has 3 atom stereocenters. The summed E-state index contributed by atoms with van der Waals surface area (Å²) < 4.78 is 0. The van der Waals surface area contributed by atoms with E-state index in [9.17, 15) is 9.90 Å². The summed E-state index contributed by atoms with van der Waals surface area (Å²) in [7, 11) is 0. The average Bonchev–Trinajstić information content (AvgIpc) is 2.79. The molecule has 1 aromatic rings. The molecule has 3 nitrogen and oxygen atoms in total. The number of aliphatic carboxylic acids is 1. The van der Waals surface area contributed by atoms with Gasteiger partial charge in [0, 0.05) is 6.04 Å². The number of carboxylic acids is 1. The van der Waals surface area contributed by atoms with Crippen LogP contribution in [0.15, 0.2) is 30.3 Å². The van der Waals surface area contributed by atoms with Crippen molar-refractivity contribution >= 4 is 5.97 Å². The molecule has 0 spiro atoms. The second kappa shape index (κ2) is 5.96. The fraction of sp³-hybridized carbons (Fsp3) is 0.588. The second-order valence-corrected chi connectivity index (χ2v) is 6.59. The van der Waals surface area contributed by atoms with Crippen LogP contribution in [-0.4, -0.2) is 23.2 Å². The van der Waals surface area contributed by atoms with Gasteiger partial charge >= 0.3 is 5.97 Å². The molecule has 0 bridgehead atoms.